The zero-order chi connectivity index (χ0) is 12.4. The topological polar surface area (TPSA) is 29.5 Å². The highest BCUT2D eigenvalue weighted by Gasteiger charge is 2.18. The fraction of sp³-hybridized carbons (Fsp3) is 0.167. The van der Waals surface area contributed by atoms with Crippen LogP contribution in [0.5, 0.6) is 5.75 Å². The Morgan fingerprint density at radius 1 is 1.47 bits per heavy atom. The van der Waals surface area contributed by atoms with E-state index in [9.17, 15) is 9.50 Å². The first kappa shape index (κ1) is 12.5. The van der Waals surface area contributed by atoms with Crippen molar-refractivity contribution in [1.29, 1.82) is 0 Å². The molecule has 0 spiro atoms. The number of hydrogen-bond donors (Lipinski definition) is 1. The van der Waals surface area contributed by atoms with Crippen molar-refractivity contribution in [1.82, 2.24) is 0 Å². The van der Waals surface area contributed by atoms with Crippen molar-refractivity contribution in [2.24, 2.45) is 0 Å². The molecule has 0 bridgehead atoms. The number of hydrogen-bond acceptors (Lipinski definition) is 3. The number of methoxy groups -OCH3 is 1. The third kappa shape index (κ3) is 2.51. The molecule has 0 saturated carbocycles. The quantitative estimate of drug-likeness (QED) is 0.934. The molecule has 0 saturated heterocycles. The summed E-state index contributed by atoms with van der Waals surface area (Å²) in [5, 5.41) is 11.9. The van der Waals surface area contributed by atoms with Crippen LogP contribution in [0.2, 0.25) is 0 Å². The summed E-state index contributed by atoms with van der Waals surface area (Å²) in [7, 11) is 1.40. The molecule has 1 N–H and O–H groups in total. The average Bonchev–Trinajstić information content (AvgIpc) is 2.75. The zero-order valence-electron chi connectivity index (χ0n) is 8.98. The van der Waals surface area contributed by atoms with Crippen LogP contribution in [-0.2, 0) is 0 Å². The van der Waals surface area contributed by atoms with Gasteiger partial charge in [0, 0.05) is 5.56 Å². The summed E-state index contributed by atoms with van der Waals surface area (Å²) < 4.78 is 19.7. The largest absolute Gasteiger partial charge is 0.494 e. The second-order valence-electron chi connectivity index (χ2n) is 3.45. The predicted octanol–water partition coefficient (Wildman–Crippen LogP) is 3.74. The highest BCUT2D eigenvalue weighted by Crippen LogP contribution is 2.32. The summed E-state index contributed by atoms with van der Waals surface area (Å²) in [5.74, 6) is -0.388. The Balaban J connectivity index is 2.40. The van der Waals surface area contributed by atoms with Crippen LogP contribution < -0.4 is 4.74 Å². The SMILES string of the molecule is COc1cccc(C(O)c2csc(Br)c2)c1F. The van der Waals surface area contributed by atoms with Crippen LogP contribution in [0.25, 0.3) is 0 Å². The van der Waals surface area contributed by atoms with Crippen molar-refractivity contribution in [3.63, 3.8) is 0 Å². The van der Waals surface area contributed by atoms with Gasteiger partial charge in [0.2, 0.25) is 0 Å². The van der Waals surface area contributed by atoms with Gasteiger partial charge in [0.05, 0.1) is 10.9 Å². The molecule has 1 atom stereocenters. The monoisotopic (exact) mass is 316 g/mol. The van der Waals surface area contributed by atoms with E-state index in [-0.39, 0.29) is 11.3 Å². The lowest BCUT2D eigenvalue weighted by Gasteiger charge is -2.12. The molecule has 0 radical (unpaired) electrons. The molecule has 1 aromatic heterocycles. The molecule has 5 heteroatoms. The number of aliphatic hydroxyl groups is 1. The van der Waals surface area contributed by atoms with Gasteiger partial charge in [-0.25, -0.2) is 4.39 Å². The van der Waals surface area contributed by atoms with Gasteiger partial charge < -0.3 is 9.84 Å². The first-order valence-corrected chi connectivity index (χ1v) is 6.55. The number of ether oxygens (including phenoxy) is 1. The van der Waals surface area contributed by atoms with Crippen LogP contribution in [-0.4, -0.2) is 12.2 Å². The fourth-order valence-corrected chi connectivity index (χ4v) is 2.74. The first-order valence-electron chi connectivity index (χ1n) is 4.88. The molecule has 1 unspecified atom stereocenters. The second kappa shape index (κ2) is 5.16. The van der Waals surface area contributed by atoms with E-state index >= 15 is 0 Å². The lowest BCUT2D eigenvalue weighted by Crippen LogP contribution is -2.02. The van der Waals surface area contributed by atoms with Gasteiger partial charge >= 0.3 is 0 Å². The van der Waals surface area contributed by atoms with Crippen LogP contribution in [0.1, 0.15) is 17.2 Å². The van der Waals surface area contributed by atoms with E-state index in [2.05, 4.69) is 15.9 Å². The van der Waals surface area contributed by atoms with Gasteiger partial charge in [-0.2, -0.15) is 0 Å². The Kier molecular flexibility index (Phi) is 3.81. The fourth-order valence-electron chi connectivity index (χ4n) is 1.54. The maximum Gasteiger partial charge on any atom is 0.171 e. The molecule has 1 heterocycles. The van der Waals surface area contributed by atoms with Gasteiger partial charge in [0.1, 0.15) is 6.10 Å². The second-order valence-corrected chi connectivity index (χ2v) is 5.74. The van der Waals surface area contributed by atoms with E-state index < -0.39 is 11.9 Å². The maximum atomic E-state index is 13.9. The summed E-state index contributed by atoms with van der Waals surface area (Å²) in [6, 6.07) is 6.50. The number of benzene rings is 1. The van der Waals surface area contributed by atoms with Crippen molar-refractivity contribution >= 4 is 27.3 Å². The predicted molar refractivity (Wildman–Crippen MR) is 69.0 cm³/mol. The van der Waals surface area contributed by atoms with Crippen LogP contribution in [0, 0.1) is 5.82 Å². The summed E-state index contributed by atoms with van der Waals surface area (Å²) in [6.07, 6.45) is -0.979. The van der Waals surface area contributed by atoms with E-state index in [0.29, 0.717) is 5.56 Å². The first-order chi connectivity index (χ1) is 8.13. The lowest BCUT2D eigenvalue weighted by atomic mass is 10.0. The normalized spacial score (nSPS) is 12.5. The standard InChI is InChI=1S/C12H10BrFO2S/c1-16-9-4-2-3-8(11(9)14)12(15)7-5-10(13)17-6-7/h2-6,12,15H,1H3. The summed E-state index contributed by atoms with van der Waals surface area (Å²) >= 11 is 4.75. The molecule has 0 aliphatic rings. The Labute approximate surface area is 111 Å². The Hall–Kier alpha value is -0.910. The molecule has 0 fully saturated rings. The van der Waals surface area contributed by atoms with Crippen LogP contribution in [0.15, 0.2) is 33.4 Å². The summed E-state index contributed by atoms with van der Waals surface area (Å²) in [5.41, 5.74) is 0.878. The Bertz CT molecular complexity index is 527. The molecule has 2 nitrogen and oxygen atoms in total. The molecule has 17 heavy (non-hydrogen) atoms. The van der Waals surface area contributed by atoms with Crippen molar-refractivity contribution in [3.05, 3.63) is 50.4 Å². The number of rotatable bonds is 3. The van der Waals surface area contributed by atoms with Gasteiger partial charge in [-0.1, -0.05) is 12.1 Å². The molecule has 0 aliphatic carbocycles. The minimum Gasteiger partial charge on any atom is -0.494 e. The zero-order valence-corrected chi connectivity index (χ0v) is 11.4. The molecule has 0 amide bonds. The van der Waals surface area contributed by atoms with E-state index in [1.165, 1.54) is 24.5 Å². The van der Waals surface area contributed by atoms with Crippen LogP contribution >= 0.6 is 27.3 Å². The number of aliphatic hydroxyl groups excluding tert-OH is 1. The third-order valence-electron chi connectivity index (χ3n) is 2.41. The average molecular weight is 317 g/mol. The third-order valence-corrected chi connectivity index (χ3v) is 3.93. The minimum atomic E-state index is -0.979. The molecular formula is C12H10BrFO2S. The van der Waals surface area contributed by atoms with Crippen molar-refractivity contribution in [2.45, 2.75) is 6.10 Å². The Morgan fingerprint density at radius 2 is 2.24 bits per heavy atom. The maximum absolute atomic E-state index is 13.9. The van der Waals surface area contributed by atoms with Gasteiger partial charge in [-0.3, -0.25) is 0 Å². The molecule has 0 aliphatic heterocycles. The molecule has 90 valence electrons. The van der Waals surface area contributed by atoms with Gasteiger partial charge in [0.15, 0.2) is 11.6 Å². The molecule has 2 aromatic rings. The highest BCUT2D eigenvalue weighted by molar-refractivity contribution is 9.11. The molecule has 1 aromatic carbocycles. The van der Waals surface area contributed by atoms with E-state index in [0.717, 1.165) is 3.79 Å². The lowest BCUT2D eigenvalue weighted by molar-refractivity contribution is 0.213. The molecular weight excluding hydrogens is 307 g/mol. The van der Waals surface area contributed by atoms with Crippen molar-refractivity contribution in [2.75, 3.05) is 7.11 Å². The highest BCUT2D eigenvalue weighted by atomic mass is 79.9. The van der Waals surface area contributed by atoms with E-state index in [1.54, 1.807) is 23.6 Å². The van der Waals surface area contributed by atoms with Crippen LogP contribution in [0.3, 0.4) is 0 Å². The smallest absolute Gasteiger partial charge is 0.171 e. The van der Waals surface area contributed by atoms with E-state index in [4.69, 9.17) is 4.74 Å². The molecule has 2 rings (SSSR count). The van der Waals surface area contributed by atoms with Gasteiger partial charge in [0.25, 0.3) is 0 Å². The summed E-state index contributed by atoms with van der Waals surface area (Å²) in [6.45, 7) is 0. The van der Waals surface area contributed by atoms with Gasteiger partial charge in [-0.05, 0) is 39.0 Å². The number of thiophene rings is 1. The van der Waals surface area contributed by atoms with Crippen LogP contribution in [0.4, 0.5) is 4.39 Å². The van der Waals surface area contributed by atoms with E-state index in [1.807, 2.05) is 0 Å². The van der Waals surface area contributed by atoms with Crippen molar-refractivity contribution in [3.8, 4) is 5.75 Å². The van der Waals surface area contributed by atoms with Gasteiger partial charge in [-0.15, -0.1) is 11.3 Å². The van der Waals surface area contributed by atoms with Crippen molar-refractivity contribution < 1.29 is 14.2 Å². The number of halogens is 2. The minimum absolute atomic E-state index is 0.135. The summed E-state index contributed by atoms with van der Waals surface area (Å²) in [4.78, 5) is 0. The Morgan fingerprint density at radius 3 is 2.82 bits per heavy atom.